The van der Waals surface area contributed by atoms with E-state index in [-0.39, 0.29) is 16.8 Å². The third-order valence-corrected chi connectivity index (χ3v) is 4.06. The summed E-state index contributed by atoms with van der Waals surface area (Å²) in [7, 11) is 0. The molecule has 2 rings (SSSR count). The molecule has 0 saturated heterocycles. The van der Waals surface area contributed by atoms with Gasteiger partial charge in [0.15, 0.2) is 5.11 Å². The predicted octanol–water partition coefficient (Wildman–Crippen LogP) is 4.00. The van der Waals surface area contributed by atoms with Gasteiger partial charge >= 0.3 is 0 Å². The summed E-state index contributed by atoms with van der Waals surface area (Å²) in [6, 6.07) is 5.84. The van der Waals surface area contributed by atoms with E-state index in [1.54, 1.807) is 12.1 Å². The fourth-order valence-electron chi connectivity index (χ4n) is 2.70. The molecule has 0 unspecified atom stereocenters. The monoisotopic (exact) mass is 308 g/mol. The Morgan fingerprint density at radius 1 is 1.19 bits per heavy atom. The zero-order valence-electron chi connectivity index (χ0n) is 12.0. The molecule has 21 heavy (non-hydrogen) atoms. The van der Waals surface area contributed by atoms with Gasteiger partial charge in [-0.3, -0.25) is 4.79 Å². The highest BCUT2D eigenvalue weighted by Gasteiger charge is 2.15. The predicted molar refractivity (Wildman–Crippen MR) is 86.6 cm³/mol. The summed E-state index contributed by atoms with van der Waals surface area (Å²) >= 11 is 5.08. The first-order valence-electron chi connectivity index (χ1n) is 7.50. The normalized spacial score (nSPS) is 15.5. The van der Waals surface area contributed by atoms with Crippen molar-refractivity contribution in [1.82, 2.24) is 5.32 Å². The minimum atomic E-state index is -0.303. The van der Waals surface area contributed by atoms with Gasteiger partial charge in [0, 0.05) is 12.1 Å². The second-order valence-electron chi connectivity index (χ2n) is 5.55. The van der Waals surface area contributed by atoms with Crippen molar-refractivity contribution in [3.05, 3.63) is 30.1 Å². The van der Waals surface area contributed by atoms with Crippen LogP contribution < -0.4 is 10.6 Å². The van der Waals surface area contributed by atoms with Gasteiger partial charge in [0.25, 0.3) is 0 Å². The SMILES string of the molecule is O=C(CCC1CCCCC1)NC(=S)Nc1ccc(F)cc1. The van der Waals surface area contributed by atoms with Gasteiger partial charge in [-0.2, -0.15) is 0 Å². The number of hydrogen-bond donors (Lipinski definition) is 2. The highest BCUT2D eigenvalue weighted by molar-refractivity contribution is 7.80. The summed E-state index contributed by atoms with van der Waals surface area (Å²) in [5, 5.41) is 5.80. The Balaban J connectivity index is 1.69. The molecule has 1 fully saturated rings. The second kappa shape index (κ2) is 8.08. The summed E-state index contributed by atoms with van der Waals surface area (Å²) < 4.78 is 12.8. The summed E-state index contributed by atoms with van der Waals surface area (Å²) in [6.45, 7) is 0. The van der Waals surface area contributed by atoms with E-state index >= 15 is 0 Å². The number of nitrogens with one attached hydrogen (secondary N) is 2. The Morgan fingerprint density at radius 3 is 2.52 bits per heavy atom. The Bertz CT molecular complexity index is 484. The lowest BCUT2D eigenvalue weighted by Gasteiger charge is -2.21. The lowest BCUT2D eigenvalue weighted by Crippen LogP contribution is -2.34. The molecule has 1 aliphatic rings. The quantitative estimate of drug-likeness (QED) is 0.826. The van der Waals surface area contributed by atoms with Crippen LogP contribution in [0.1, 0.15) is 44.9 Å². The molecular formula is C16H21FN2OS. The van der Waals surface area contributed by atoms with Crippen LogP contribution in [0.2, 0.25) is 0 Å². The number of benzene rings is 1. The van der Waals surface area contributed by atoms with Gasteiger partial charge in [-0.05, 0) is 48.8 Å². The molecule has 1 aliphatic carbocycles. The maximum absolute atomic E-state index is 12.8. The maximum atomic E-state index is 12.8. The summed E-state index contributed by atoms with van der Waals surface area (Å²) in [6.07, 6.45) is 7.83. The van der Waals surface area contributed by atoms with Crippen molar-refractivity contribution in [3.8, 4) is 0 Å². The van der Waals surface area contributed by atoms with Crippen molar-refractivity contribution in [2.24, 2.45) is 5.92 Å². The molecule has 0 atom stereocenters. The Morgan fingerprint density at radius 2 is 1.86 bits per heavy atom. The van der Waals surface area contributed by atoms with E-state index in [0.29, 0.717) is 18.0 Å². The summed E-state index contributed by atoms with van der Waals surface area (Å²) in [5.74, 6) is 0.325. The van der Waals surface area contributed by atoms with Crippen LogP contribution in [0.15, 0.2) is 24.3 Å². The van der Waals surface area contributed by atoms with Crippen molar-refractivity contribution >= 4 is 28.9 Å². The van der Waals surface area contributed by atoms with Crippen LogP contribution in [0.3, 0.4) is 0 Å². The van der Waals surface area contributed by atoms with Crippen LogP contribution in [0, 0.1) is 11.7 Å². The summed E-state index contributed by atoms with van der Waals surface area (Å²) in [5.41, 5.74) is 0.661. The van der Waals surface area contributed by atoms with Crippen LogP contribution in [0.5, 0.6) is 0 Å². The van der Waals surface area contributed by atoms with E-state index in [0.717, 1.165) is 6.42 Å². The minimum absolute atomic E-state index is 0.0554. The average Bonchev–Trinajstić information content (AvgIpc) is 2.48. The maximum Gasteiger partial charge on any atom is 0.226 e. The molecule has 1 saturated carbocycles. The zero-order chi connectivity index (χ0) is 15.1. The van der Waals surface area contributed by atoms with E-state index < -0.39 is 0 Å². The number of thiocarbonyl (C=S) groups is 1. The fourth-order valence-corrected chi connectivity index (χ4v) is 2.93. The first-order valence-corrected chi connectivity index (χ1v) is 7.91. The number of carbonyl (C=O) groups is 1. The minimum Gasteiger partial charge on any atom is -0.332 e. The van der Waals surface area contributed by atoms with Gasteiger partial charge in [-0.25, -0.2) is 4.39 Å². The molecule has 1 aromatic rings. The molecule has 5 heteroatoms. The Hall–Kier alpha value is -1.49. The van der Waals surface area contributed by atoms with Crippen LogP contribution in [0.4, 0.5) is 10.1 Å². The van der Waals surface area contributed by atoms with Gasteiger partial charge < -0.3 is 10.6 Å². The number of hydrogen-bond acceptors (Lipinski definition) is 2. The zero-order valence-corrected chi connectivity index (χ0v) is 12.8. The Kier molecular flexibility index (Phi) is 6.11. The van der Waals surface area contributed by atoms with E-state index in [9.17, 15) is 9.18 Å². The van der Waals surface area contributed by atoms with E-state index in [1.165, 1.54) is 44.2 Å². The topological polar surface area (TPSA) is 41.1 Å². The Labute approximate surface area is 130 Å². The van der Waals surface area contributed by atoms with Gasteiger partial charge in [-0.15, -0.1) is 0 Å². The molecule has 0 spiro atoms. The van der Waals surface area contributed by atoms with Gasteiger partial charge in [-0.1, -0.05) is 32.1 Å². The van der Waals surface area contributed by atoms with Crippen molar-refractivity contribution in [1.29, 1.82) is 0 Å². The van der Waals surface area contributed by atoms with Crippen molar-refractivity contribution in [3.63, 3.8) is 0 Å². The van der Waals surface area contributed by atoms with Crippen molar-refractivity contribution in [2.45, 2.75) is 44.9 Å². The molecule has 2 N–H and O–H groups in total. The summed E-state index contributed by atoms with van der Waals surface area (Å²) in [4.78, 5) is 11.8. The van der Waals surface area contributed by atoms with Crippen LogP contribution >= 0.6 is 12.2 Å². The molecule has 3 nitrogen and oxygen atoms in total. The van der Waals surface area contributed by atoms with E-state index in [2.05, 4.69) is 10.6 Å². The number of carbonyl (C=O) groups excluding carboxylic acids is 1. The molecule has 0 aromatic heterocycles. The van der Waals surface area contributed by atoms with E-state index in [1.807, 2.05) is 0 Å². The first kappa shape index (κ1) is 15.9. The van der Waals surface area contributed by atoms with E-state index in [4.69, 9.17) is 12.2 Å². The fraction of sp³-hybridized carbons (Fsp3) is 0.500. The third kappa shape index (κ3) is 5.79. The van der Waals surface area contributed by atoms with Crippen LogP contribution in [-0.4, -0.2) is 11.0 Å². The van der Waals surface area contributed by atoms with Crippen molar-refractivity contribution in [2.75, 3.05) is 5.32 Å². The molecule has 0 aliphatic heterocycles. The molecule has 1 aromatic carbocycles. The largest absolute Gasteiger partial charge is 0.332 e. The number of anilines is 1. The van der Waals surface area contributed by atoms with Crippen molar-refractivity contribution < 1.29 is 9.18 Å². The smallest absolute Gasteiger partial charge is 0.226 e. The molecule has 0 radical (unpaired) electrons. The third-order valence-electron chi connectivity index (χ3n) is 3.86. The number of halogens is 1. The standard InChI is InChI=1S/C16H21FN2OS/c17-13-7-9-14(10-8-13)18-16(21)19-15(20)11-6-12-4-2-1-3-5-12/h7-10,12H,1-6,11H2,(H2,18,19,20,21). The first-order chi connectivity index (χ1) is 10.1. The van der Waals surface area contributed by atoms with Gasteiger partial charge in [0.05, 0.1) is 0 Å². The highest BCUT2D eigenvalue weighted by atomic mass is 32.1. The highest BCUT2D eigenvalue weighted by Crippen LogP contribution is 2.27. The van der Waals surface area contributed by atoms with Gasteiger partial charge in [0.2, 0.25) is 5.91 Å². The molecule has 114 valence electrons. The number of amides is 1. The molecular weight excluding hydrogens is 287 g/mol. The lowest BCUT2D eigenvalue weighted by atomic mass is 9.86. The van der Waals surface area contributed by atoms with Gasteiger partial charge in [0.1, 0.15) is 5.82 Å². The molecule has 0 heterocycles. The second-order valence-corrected chi connectivity index (χ2v) is 5.96. The molecule has 0 bridgehead atoms. The van der Waals surface area contributed by atoms with Crippen LogP contribution in [0.25, 0.3) is 0 Å². The molecule has 1 amide bonds. The average molecular weight is 308 g/mol. The van der Waals surface area contributed by atoms with Crippen LogP contribution in [-0.2, 0) is 4.79 Å². The number of rotatable bonds is 4. The lowest BCUT2D eigenvalue weighted by molar-refractivity contribution is -0.120.